The molecule has 1 aromatic heterocycles. The van der Waals surface area contributed by atoms with Gasteiger partial charge < -0.3 is 10.8 Å². The molecule has 0 aliphatic heterocycles. The second-order valence-electron chi connectivity index (χ2n) is 3.33. The first kappa shape index (κ1) is 9.64. The molecule has 1 atom stereocenters. The number of rotatable bonds is 3. The summed E-state index contributed by atoms with van der Waals surface area (Å²) in [6.45, 7) is 3.80. The molecule has 0 saturated heterocycles. The fourth-order valence-electron chi connectivity index (χ4n) is 0.941. The van der Waals surface area contributed by atoms with Crippen LogP contribution in [0.3, 0.4) is 0 Å². The number of aromatic nitrogens is 1. The van der Waals surface area contributed by atoms with Crippen LogP contribution in [0.25, 0.3) is 0 Å². The highest BCUT2D eigenvalue weighted by molar-refractivity contribution is 7.11. The fourth-order valence-corrected chi connectivity index (χ4v) is 1.93. The third kappa shape index (κ3) is 2.55. The molecule has 0 aliphatic rings. The van der Waals surface area contributed by atoms with Crippen molar-refractivity contribution in [3.05, 3.63) is 16.1 Å². The van der Waals surface area contributed by atoms with Crippen LogP contribution in [0.1, 0.15) is 16.8 Å². The van der Waals surface area contributed by atoms with Crippen molar-refractivity contribution in [2.75, 3.05) is 6.61 Å². The molecule has 12 heavy (non-hydrogen) atoms. The number of aliphatic hydroxyl groups is 1. The lowest BCUT2D eigenvalue weighted by molar-refractivity contribution is 0.209. The minimum atomic E-state index is -0.515. The molecular formula is C8H14N2OS. The van der Waals surface area contributed by atoms with E-state index in [1.165, 1.54) is 0 Å². The van der Waals surface area contributed by atoms with E-state index >= 15 is 0 Å². The largest absolute Gasteiger partial charge is 0.394 e. The van der Waals surface area contributed by atoms with E-state index in [9.17, 15) is 0 Å². The summed E-state index contributed by atoms with van der Waals surface area (Å²) >= 11 is 1.63. The number of aliphatic hydroxyl groups excluding tert-OH is 1. The van der Waals surface area contributed by atoms with Crippen LogP contribution >= 0.6 is 11.3 Å². The predicted octanol–water partition coefficient (Wildman–Crippen LogP) is 0.704. The van der Waals surface area contributed by atoms with Crippen LogP contribution in [-0.4, -0.2) is 22.2 Å². The number of nitrogens with zero attached hydrogens (tertiary/aromatic N) is 1. The molecule has 3 N–H and O–H groups in total. The van der Waals surface area contributed by atoms with Crippen molar-refractivity contribution in [2.45, 2.75) is 25.8 Å². The molecular weight excluding hydrogens is 172 g/mol. The van der Waals surface area contributed by atoms with E-state index in [0.717, 1.165) is 9.88 Å². The van der Waals surface area contributed by atoms with E-state index < -0.39 is 5.54 Å². The molecule has 1 aromatic rings. The molecule has 0 aliphatic carbocycles. The zero-order chi connectivity index (χ0) is 9.19. The Kier molecular flexibility index (Phi) is 2.82. The average molecular weight is 186 g/mol. The monoisotopic (exact) mass is 186 g/mol. The Labute approximate surface area is 76.3 Å². The van der Waals surface area contributed by atoms with Gasteiger partial charge in [0.1, 0.15) is 0 Å². The summed E-state index contributed by atoms with van der Waals surface area (Å²) in [7, 11) is 0. The zero-order valence-electron chi connectivity index (χ0n) is 7.37. The van der Waals surface area contributed by atoms with Crippen LogP contribution in [0.15, 0.2) is 6.20 Å². The quantitative estimate of drug-likeness (QED) is 0.730. The molecule has 1 unspecified atom stereocenters. The van der Waals surface area contributed by atoms with Crippen molar-refractivity contribution >= 4 is 11.3 Å². The highest BCUT2D eigenvalue weighted by atomic mass is 32.1. The summed E-state index contributed by atoms with van der Waals surface area (Å²) < 4.78 is 0. The first-order valence-electron chi connectivity index (χ1n) is 3.84. The second-order valence-corrected chi connectivity index (χ2v) is 4.65. The molecule has 0 spiro atoms. The van der Waals surface area contributed by atoms with E-state index in [1.807, 2.05) is 20.0 Å². The maximum absolute atomic E-state index is 8.92. The van der Waals surface area contributed by atoms with Gasteiger partial charge in [0.2, 0.25) is 0 Å². The van der Waals surface area contributed by atoms with Crippen LogP contribution in [0.2, 0.25) is 0 Å². The van der Waals surface area contributed by atoms with E-state index in [0.29, 0.717) is 6.42 Å². The van der Waals surface area contributed by atoms with Crippen molar-refractivity contribution in [3.63, 3.8) is 0 Å². The molecule has 1 rings (SSSR count). The summed E-state index contributed by atoms with van der Waals surface area (Å²) in [5, 5.41) is 9.96. The van der Waals surface area contributed by atoms with Gasteiger partial charge in [-0.05, 0) is 13.8 Å². The van der Waals surface area contributed by atoms with Crippen molar-refractivity contribution in [3.8, 4) is 0 Å². The number of hydrogen-bond acceptors (Lipinski definition) is 4. The standard InChI is InChI=1S/C8H14N2OS/c1-6-10-4-7(12-6)3-8(2,9)5-11/h4,11H,3,5,9H2,1-2H3. The van der Waals surface area contributed by atoms with Crippen LogP contribution in [0, 0.1) is 6.92 Å². The minimum absolute atomic E-state index is 0.00392. The Morgan fingerprint density at radius 2 is 2.42 bits per heavy atom. The normalized spacial score (nSPS) is 16.0. The molecule has 0 bridgehead atoms. The Morgan fingerprint density at radius 3 is 2.83 bits per heavy atom. The number of hydrogen-bond donors (Lipinski definition) is 2. The smallest absolute Gasteiger partial charge is 0.0896 e. The van der Waals surface area contributed by atoms with Gasteiger partial charge >= 0.3 is 0 Å². The Morgan fingerprint density at radius 1 is 1.75 bits per heavy atom. The van der Waals surface area contributed by atoms with Crippen molar-refractivity contribution in [1.82, 2.24) is 4.98 Å². The van der Waals surface area contributed by atoms with Gasteiger partial charge in [0.25, 0.3) is 0 Å². The summed E-state index contributed by atoms with van der Waals surface area (Å²) in [6.07, 6.45) is 2.51. The predicted molar refractivity (Wildman–Crippen MR) is 50.2 cm³/mol. The van der Waals surface area contributed by atoms with Gasteiger partial charge in [-0.3, -0.25) is 0 Å². The van der Waals surface area contributed by atoms with Gasteiger partial charge in [0, 0.05) is 23.0 Å². The number of nitrogens with two attached hydrogens (primary N) is 1. The topological polar surface area (TPSA) is 59.1 Å². The first-order valence-corrected chi connectivity index (χ1v) is 4.66. The summed E-state index contributed by atoms with van der Waals surface area (Å²) in [6, 6.07) is 0. The van der Waals surface area contributed by atoms with Gasteiger partial charge in [-0.2, -0.15) is 0 Å². The van der Waals surface area contributed by atoms with Gasteiger partial charge in [-0.1, -0.05) is 0 Å². The van der Waals surface area contributed by atoms with Crippen molar-refractivity contribution in [1.29, 1.82) is 0 Å². The highest BCUT2D eigenvalue weighted by Gasteiger charge is 2.18. The lowest BCUT2D eigenvalue weighted by atomic mass is 10.0. The van der Waals surface area contributed by atoms with Gasteiger partial charge in [0.15, 0.2) is 0 Å². The lowest BCUT2D eigenvalue weighted by Gasteiger charge is -2.19. The molecule has 0 radical (unpaired) electrons. The highest BCUT2D eigenvalue weighted by Crippen LogP contribution is 2.16. The SMILES string of the molecule is Cc1ncc(CC(C)(N)CO)s1. The Hall–Kier alpha value is -0.450. The van der Waals surface area contributed by atoms with E-state index in [2.05, 4.69) is 4.98 Å². The third-order valence-corrected chi connectivity index (χ3v) is 2.52. The first-order chi connectivity index (χ1) is 5.53. The van der Waals surface area contributed by atoms with E-state index in [-0.39, 0.29) is 6.61 Å². The maximum Gasteiger partial charge on any atom is 0.0896 e. The van der Waals surface area contributed by atoms with Gasteiger partial charge in [0.05, 0.1) is 11.6 Å². The molecule has 0 aromatic carbocycles. The molecule has 4 heteroatoms. The zero-order valence-corrected chi connectivity index (χ0v) is 8.19. The van der Waals surface area contributed by atoms with Crippen molar-refractivity contribution in [2.24, 2.45) is 5.73 Å². The molecule has 0 saturated carbocycles. The van der Waals surface area contributed by atoms with Crippen LogP contribution in [0.4, 0.5) is 0 Å². The average Bonchev–Trinajstić information content (AvgIpc) is 2.35. The van der Waals surface area contributed by atoms with Crippen molar-refractivity contribution < 1.29 is 5.11 Å². The maximum atomic E-state index is 8.92. The molecule has 0 amide bonds. The summed E-state index contributed by atoms with van der Waals surface area (Å²) in [5.74, 6) is 0. The van der Waals surface area contributed by atoms with E-state index in [1.54, 1.807) is 11.3 Å². The molecule has 0 fully saturated rings. The molecule has 68 valence electrons. The number of thiazole rings is 1. The second kappa shape index (κ2) is 3.51. The van der Waals surface area contributed by atoms with Crippen LogP contribution in [-0.2, 0) is 6.42 Å². The molecule has 3 nitrogen and oxygen atoms in total. The fraction of sp³-hybridized carbons (Fsp3) is 0.625. The number of aryl methyl sites for hydroxylation is 1. The Balaban J connectivity index is 2.63. The van der Waals surface area contributed by atoms with Gasteiger partial charge in [-0.25, -0.2) is 4.98 Å². The third-order valence-electron chi connectivity index (χ3n) is 1.61. The van der Waals surface area contributed by atoms with Crippen LogP contribution in [0.5, 0.6) is 0 Å². The summed E-state index contributed by atoms with van der Waals surface area (Å²) in [4.78, 5) is 5.25. The minimum Gasteiger partial charge on any atom is -0.394 e. The molecule has 1 heterocycles. The van der Waals surface area contributed by atoms with E-state index in [4.69, 9.17) is 10.8 Å². The van der Waals surface area contributed by atoms with Gasteiger partial charge in [-0.15, -0.1) is 11.3 Å². The van der Waals surface area contributed by atoms with Crippen LogP contribution < -0.4 is 5.73 Å². The Bertz CT molecular complexity index is 257. The lowest BCUT2D eigenvalue weighted by Crippen LogP contribution is -2.42. The summed E-state index contributed by atoms with van der Waals surface area (Å²) in [5.41, 5.74) is 5.27.